The Morgan fingerprint density at radius 1 is 1.53 bits per heavy atom. The van der Waals surface area contributed by atoms with Crippen molar-refractivity contribution in [3.05, 3.63) is 23.8 Å². The van der Waals surface area contributed by atoms with Crippen LogP contribution in [0.2, 0.25) is 0 Å². The summed E-state index contributed by atoms with van der Waals surface area (Å²) < 4.78 is 5.13. The monoisotopic (exact) mass is 266 g/mol. The summed E-state index contributed by atoms with van der Waals surface area (Å²) in [7, 11) is 1.66. The van der Waals surface area contributed by atoms with Crippen LogP contribution in [0.1, 0.15) is 40.0 Å². The molecule has 0 saturated heterocycles. The van der Waals surface area contributed by atoms with Crippen LogP contribution in [0.15, 0.2) is 23.8 Å². The lowest BCUT2D eigenvalue weighted by atomic mass is 9.67. The average molecular weight is 266 g/mol. The number of rotatable bonds is 7. The van der Waals surface area contributed by atoms with Crippen LogP contribution in [-0.4, -0.2) is 24.8 Å². The summed E-state index contributed by atoms with van der Waals surface area (Å²) in [4.78, 5) is 11.8. The molecule has 108 valence electrons. The van der Waals surface area contributed by atoms with Gasteiger partial charge in [0.25, 0.3) is 0 Å². The molecule has 1 N–H and O–H groups in total. The zero-order valence-electron chi connectivity index (χ0n) is 12.5. The van der Waals surface area contributed by atoms with Gasteiger partial charge in [0.05, 0.1) is 5.41 Å². The van der Waals surface area contributed by atoms with Crippen molar-refractivity contribution in [3.63, 3.8) is 0 Å². The van der Waals surface area contributed by atoms with Gasteiger partial charge in [0.1, 0.15) is 0 Å². The summed E-state index contributed by atoms with van der Waals surface area (Å²) in [5.74, 6) is -0.178. The van der Waals surface area contributed by atoms with Crippen LogP contribution < -0.4 is 0 Å². The van der Waals surface area contributed by atoms with Crippen molar-refractivity contribution < 1.29 is 14.6 Å². The number of carbonyl (C=O) groups is 1. The van der Waals surface area contributed by atoms with Crippen LogP contribution in [0, 0.1) is 17.3 Å². The summed E-state index contributed by atoms with van der Waals surface area (Å²) in [6.45, 7) is 6.88. The van der Waals surface area contributed by atoms with Crippen LogP contribution in [0.25, 0.3) is 0 Å². The molecule has 0 aliphatic heterocycles. The Balaban J connectivity index is 2.97. The molecule has 19 heavy (non-hydrogen) atoms. The van der Waals surface area contributed by atoms with Crippen molar-refractivity contribution in [2.45, 2.75) is 40.0 Å². The number of hydrogen-bond acceptors (Lipinski definition) is 2. The highest BCUT2D eigenvalue weighted by Crippen LogP contribution is 2.42. The topological polar surface area (TPSA) is 46.5 Å². The average Bonchev–Trinajstić information content (AvgIpc) is 2.35. The molecule has 0 bridgehead atoms. The normalized spacial score (nSPS) is 26.6. The Bertz CT molecular complexity index is 368. The summed E-state index contributed by atoms with van der Waals surface area (Å²) in [5, 5.41) is 9.74. The molecule has 0 aromatic heterocycles. The molecule has 0 aromatic carbocycles. The highest BCUT2D eigenvalue weighted by atomic mass is 16.5. The summed E-state index contributed by atoms with van der Waals surface area (Å²) in [5.41, 5.74) is 0.380. The second kappa shape index (κ2) is 6.90. The fourth-order valence-electron chi connectivity index (χ4n) is 2.64. The largest absolute Gasteiger partial charge is 0.481 e. The summed E-state index contributed by atoms with van der Waals surface area (Å²) in [6.07, 6.45) is 8.29. The van der Waals surface area contributed by atoms with Crippen LogP contribution in [0.3, 0.4) is 0 Å². The zero-order chi connectivity index (χ0) is 14.5. The third-order valence-electron chi connectivity index (χ3n) is 3.94. The first kappa shape index (κ1) is 16.0. The van der Waals surface area contributed by atoms with Crippen LogP contribution in [0.5, 0.6) is 0 Å². The Kier molecular flexibility index (Phi) is 5.80. The number of methoxy groups -OCH3 is 1. The molecule has 0 radical (unpaired) electrons. The quantitative estimate of drug-likeness (QED) is 0.765. The molecule has 3 heteroatoms. The number of carboxylic acid groups (broad SMARTS) is 1. The van der Waals surface area contributed by atoms with Gasteiger partial charge >= 0.3 is 5.97 Å². The van der Waals surface area contributed by atoms with Crippen LogP contribution >= 0.6 is 0 Å². The van der Waals surface area contributed by atoms with Gasteiger partial charge in [0.15, 0.2) is 0 Å². The first-order chi connectivity index (χ1) is 8.92. The van der Waals surface area contributed by atoms with Gasteiger partial charge in [-0.15, -0.1) is 0 Å². The highest BCUT2D eigenvalue weighted by molar-refractivity contribution is 5.78. The van der Waals surface area contributed by atoms with Gasteiger partial charge in [0, 0.05) is 13.7 Å². The van der Waals surface area contributed by atoms with Crippen molar-refractivity contribution in [1.82, 2.24) is 0 Å². The minimum absolute atomic E-state index is 0.0219. The molecule has 0 amide bonds. The van der Waals surface area contributed by atoms with Gasteiger partial charge in [-0.05, 0) is 38.0 Å². The molecule has 2 unspecified atom stereocenters. The number of allylic oxidation sites excluding steroid dienone is 3. The Morgan fingerprint density at radius 2 is 2.21 bits per heavy atom. The smallest absolute Gasteiger partial charge is 0.314 e. The molecule has 1 rings (SSSR count). The molecule has 1 aliphatic carbocycles. The molecule has 0 saturated carbocycles. The summed E-state index contributed by atoms with van der Waals surface area (Å²) in [6, 6.07) is 0. The lowest BCUT2D eigenvalue weighted by Gasteiger charge is -2.36. The zero-order valence-corrected chi connectivity index (χ0v) is 12.5. The minimum Gasteiger partial charge on any atom is -0.481 e. The molecule has 0 aromatic rings. The van der Waals surface area contributed by atoms with E-state index >= 15 is 0 Å². The van der Waals surface area contributed by atoms with Gasteiger partial charge in [-0.3, -0.25) is 4.79 Å². The maximum Gasteiger partial charge on any atom is 0.314 e. The third kappa shape index (κ3) is 3.93. The lowest BCUT2D eigenvalue weighted by Crippen LogP contribution is -2.38. The van der Waals surface area contributed by atoms with Crippen molar-refractivity contribution in [1.29, 1.82) is 0 Å². The van der Waals surface area contributed by atoms with E-state index in [4.69, 9.17) is 4.74 Å². The predicted octanol–water partition coefficient (Wildman–Crippen LogP) is 3.66. The molecule has 1 aliphatic rings. The van der Waals surface area contributed by atoms with E-state index in [2.05, 4.69) is 19.9 Å². The van der Waals surface area contributed by atoms with Crippen LogP contribution in [-0.2, 0) is 9.53 Å². The Labute approximate surface area is 116 Å². The van der Waals surface area contributed by atoms with E-state index in [1.807, 2.05) is 19.1 Å². The first-order valence-electron chi connectivity index (χ1n) is 7.02. The maximum absolute atomic E-state index is 11.8. The second-order valence-electron chi connectivity index (χ2n) is 5.91. The number of hydrogen-bond donors (Lipinski definition) is 1. The van der Waals surface area contributed by atoms with Gasteiger partial charge in [-0.2, -0.15) is 0 Å². The van der Waals surface area contributed by atoms with Crippen LogP contribution in [0.4, 0.5) is 0 Å². The minimum atomic E-state index is -0.762. The molecular weight excluding hydrogens is 240 g/mol. The van der Waals surface area contributed by atoms with E-state index < -0.39 is 11.4 Å². The molecule has 2 atom stereocenters. The van der Waals surface area contributed by atoms with Crippen molar-refractivity contribution in [2.75, 3.05) is 13.7 Å². The van der Waals surface area contributed by atoms with E-state index in [1.165, 1.54) is 0 Å². The molecule has 0 heterocycles. The fourth-order valence-corrected chi connectivity index (χ4v) is 2.64. The Hall–Kier alpha value is -1.09. The SMILES string of the molecule is COCCC1C=C(C)C=CC1(CCC(C)C)C(=O)O. The Morgan fingerprint density at radius 3 is 2.74 bits per heavy atom. The van der Waals surface area contributed by atoms with E-state index in [1.54, 1.807) is 7.11 Å². The van der Waals surface area contributed by atoms with Gasteiger partial charge in [-0.1, -0.05) is 37.6 Å². The predicted molar refractivity (Wildman–Crippen MR) is 77.0 cm³/mol. The standard InChI is InChI=1S/C16H26O3/c1-12(2)5-8-16(15(17)18)9-6-13(3)11-14(16)7-10-19-4/h6,9,11-12,14H,5,7-8,10H2,1-4H3,(H,17,18). The summed E-state index contributed by atoms with van der Waals surface area (Å²) >= 11 is 0. The van der Waals surface area contributed by atoms with Gasteiger partial charge in [0.2, 0.25) is 0 Å². The molecule has 3 nitrogen and oxygen atoms in total. The lowest BCUT2D eigenvalue weighted by molar-refractivity contribution is -0.149. The molecular formula is C16H26O3. The number of carboxylic acids is 1. The van der Waals surface area contributed by atoms with Crippen molar-refractivity contribution >= 4 is 5.97 Å². The number of aliphatic carboxylic acids is 1. The van der Waals surface area contributed by atoms with E-state index in [0.29, 0.717) is 18.9 Å². The third-order valence-corrected chi connectivity index (χ3v) is 3.94. The second-order valence-corrected chi connectivity index (χ2v) is 5.91. The van der Waals surface area contributed by atoms with E-state index in [0.717, 1.165) is 18.4 Å². The molecule has 0 spiro atoms. The first-order valence-corrected chi connectivity index (χ1v) is 7.02. The van der Waals surface area contributed by atoms with E-state index in [9.17, 15) is 9.90 Å². The van der Waals surface area contributed by atoms with Crippen molar-refractivity contribution in [2.24, 2.45) is 17.3 Å². The van der Waals surface area contributed by atoms with Gasteiger partial charge < -0.3 is 9.84 Å². The fraction of sp³-hybridized carbons (Fsp3) is 0.688. The van der Waals surface area contributed by atoms with E-state index in [-0.39, 0.29) is 5.92 Å². The van der Waals surface area contributed by atoms with Crippen molar-refractivity contribution in [3.8, 4) is 0 Å². The molecule has 0 fully saturated rings. The maximum atomic E-state index is 11.8. The highest BCUT2D eigenvalue weighted by Gasteiger charge is 2.43. The number of ether oxygens (including phenoxy) is 1. The van der Waals surface area contributed by atoms with Gasteiger partial charge in [-0.25, -0.2) is 0 Å².